The molecule has 0 bridgehead atoms. The first-order chi connectivity index (χ1) is 19.8. The third-order valence-electron chi connectivity index (χ3n) is 9.32. The minimum atomic E-state index is 0.641. The van der Waals surface area contributed by atoms with E-state index >= 15 is 0 Å². The van der Waals surface area contributed by atoms with Gasteiger partial charge in [-0.15, -0.1) is 0 Å². The van der Waals surface area contributed by atoms with Crippen LogP contribution in [0.2, 0.25) is 0 Å². The van der Waals surface area contributed by atoms with Gasteiger partial charge in [0.2, 0.25) is 0 Å². The molecular weight excluding hydrogens is 484 g/mol. The normalized spacial score (nSPS) is 15.1. The van der Waals surface area contributed by atoms with Crippen LogP contribution in [0.1, 0.15) is 213 Å². The second-order valence-corrected chi connectivity index (χ2v) is 13.2. The lowest BCUT2D eigenvalue weighted by Gasteiger charge is -2.33. The Kier molecular flexibility index (Phi) is 27.9. The van der Waals surface area contributed by atoms with E-state index in [2.05, 4.69) is 43.0 Å². The Bertz CT molecular complexity index is 516. The number of hydrogen-bond acceptors (Lipinski definition) is 2. The zero-order valence-electron chi connectivity index (χ0n) is 28.3. The van der Waals surface area contributed by atoms with Crippen molar-refractivity contribution >= 4 is 0 Å². The lowest BCUT2D eigenvalue weighted by molar-refractivity contribution is 0.135. The maximum absolute atomic E-state index is 2.70. The summed E-state index contributed by atoms with van der Waals surface area (Å²) in [6, 6.07) is 0. The lowest BCUT2D eigenvalue weighted by atomic mass is 10.0. The van der Waals surface area contributed by atoms with Crippen molar-refractivity contribution in [3.63, 3.8) is 0 Å². The summed E-state index contributed by atoms with van der Waals surface area (Å²) < 4.78 is 0. The third kappa shape index (κ3) is 22.0. The summed E-state index contributed by atoms with van der Waals surface area (Å²) in [6.07, 6.45) is 48.5. The van der Waals surface area contributed by atoms with Crippen molar-refractivity contribution in [3.05, 3.63) is 12.4 Å². The highest BCUT2D eigenvalue weighted by Crippen LogP contribution is 2.24. The number of hydrogen-bond donors (Lipinski definition) is 0. The summed E-state index contributed by atoms with van der Waals surface area (Å²) >= 11 is 0. The highest BCUT2D eigenvalue weighted by Gasteiger charge is 2.24. The average Bonchev–Trinajstić information content (AvgIpc) is 3.35. The molecular formula is C38H76N2. The van der Waals surface area contributed by atoms with Gasteiger partial charge >= 0.3 is 0 Å². The second-order valence-electron chi connectivity index (χ2n) is 13.2. The summed E-state index contributed by atoms with van der Waals surface area (Å²) in [4.78, 5) is 5.37. The molecule has 0 fully saturated rings. The SMILES string of the molecule is CCCCCCCCCCCCCCCCCCN1C=CN(CCCCC)C1CCCCCCCCCCCC. The molecule has 1 atom stereocenters. The molecule has 1 aliphatic heterocycles. The van der Waals surface area contributed by atoms with E-state index in [0.29, 0.717) is 6.17 Å². The van der Waals surface area contributed by atoms with Gasteiger partial charge in [-0.05, 0) is 25.7 Å². The van der Waals surface area contributed by atoms with Crippen molar-refractivity contribution in [1.29, 1.82) is 0 Å². The minimum absolute atomic E-state index is 0.641. The van der Waals surface area contributed by atoms with Crippen LogP contribution in [0.3, 0.4) is 0 Å². The van der Waals surface area contributed by atoms with Gasteiger partial charge in [0.1, 0.15) is 6.17 Å². The van der Waals surface area contributed by atoms with Crippen LogP contribution in [0.15, 0.2) is 12.4 Å². The Morgan fingerprint density at radius 1 is 0.325 bits per heavy atom. The zero-order chi connectivity index (χ0) is 28.8. The largest absolute Gasteiger partial charge is 0.356 e. The Balaban J connectivity index is 2.06. The van der Waals surface area contributed by atoms with E-state index < -0.39 is 0 Å². The van der Waals surface area contributed by atoms with Crippen LogP contribution in [-0.2, 0) is 0 Å². The van der Waals surface area contributed by atoms with Crippen molar-refractivity contribution in [2.24, 2.45) is 0 Å². The minimum Gasteiger partial charge on any atom is -0.356 e. The van der Waals surface area contributed by atoms with Gasteiger partial charge in [0.25, 0.3) is 0 Å². The Labute approximate surface area is 254 Å². The van der Waals surface area contributed by atoms with Crippen molar-refractivity contribution in [3.8, 4) is 0 Å². The molecule has 2 heteroatoms. The van der Waals surface area contributed by atoms with Crippen LogP contribution < -0.4 is 0 Å². The predicted molar refractivity (Wildman–Crippen MR) is 182 cm³/mol. The highest BCUT2D eigenvalue weighted by molar-refractivity contribution is 4.97. The van der Waals surface area contributed by atoms with Gasteiger partial charge in [-0.2, -0.15) is 0 Å². The van der Waals surface area contributed by atoms with E-state index in [1.54, 1.807) is 0 Å². The molecule has 1 rings (SSSR count). The molecule has 0 saturated carbocycles. The van der Waals surface area contributed by atoms with Crippen LogP contribution in [-0.4, -0.2) is 29.1 Å². The molecule has 0 spiro atoms. The molecule has 2 nitrogen and oxygen atoms in total. The number of unbranched alkanes of at least 4 members (excludes halogenated alkanes) is 26. The smallest absolute Gasteiger partial charge is 0.101 e. The number of nitrogens with zero attached hydrogens (tertiary/aromatic N) is 2. The Morgan fingerprint density at radius 2 is 0.575 bits per heavy atom. The van der Waals surface area contributed by atoms with Crippen LogP contribution >= 0.6 is 0 Å². The fourth-order valence-corrected chi connectivity index (χ4v) is 6.54. The first-order valence-electron chi connectivity index (χ1n) is 19.0. The molecule has 0 N–H and O–H groups in total. The topological polar surface area (TPSA) is 6.48 Å². The second kappa shape index (κ2) is 29.8. The van der Waals surface area contributed by atoms with Crippen molar-refractivity contribution in [1.82, 2.24) is 9.80 Å². The molecule has 0 aromatic carbocycles. The predicted octanol–water partition coefficient (Wildman–Crippen LogP) is 13.2. The molecule has 0 saturated heterocycles. The summed E-state index contributed by atoms with van der Waals surface area (Å²) in [5, 5.41) is 0. The van der Waals surface area contributed by atoms with Crippen molar-refractivity contribution < 1.29 is 0 Å². The summed E-state index contributed by atoms with van der Waals surface area (Å²) in [6.45, 7) is 9.46. The van der Waals surface area contributed by atoms with Crippen LogP contribution in [0.4, 0.5) is 0 Å². The fourth-order valence-electron chi connectivity index (χ4n) is 6.54. The molecule has 0 aliphatic carbocycles. The number of rotatable bonds is 32. The van der Waals surface area contributed by atoms with Gasteiger partial charge in [0.15, 0.2) is 0 Å². The van der Waals surface area contributed by atoms with Gasteiger partial charge in [-0.25, -0.2) is 0 Å². The molecule has 0 aromatic heterocycles. The van der Waals surface area contributed by atoms with E-state index in [-0.39, 0.29) is 0 Å². The average molecular weight is 561 g/mol. The van der Waals surface area contributed by atoms with Gasteiger partial charge < -0.3 is 9.80 Å². The summed E-state index contributed by atoms with van der Waals surface area (Å²) in [5.74, 6) is 0. The molecule has 0 aromatic rings. The maximum Gasteiger partial charge on any atom is 0.101 e. The van der Waals surface area contributed by atoms with E-state index in [4.69, 9.17) is 0 Å². The fraction of sp³-hybridized carbons (Fsp3) is 0.947. The standard InChI is InChI=1S/C38H76N2/c1-4-7-10-12-14-16-18-19-20-21-22-23-25-27-29-32-35-40-37-36-39(34-31-9-6-3)38(40)33-30-28-26-24-17-15-13-11-8-5-2/h36-38H,4-35H2,1-3H3. The first-order valence-corrected chi connectivity index (χ1v) is 19.0. The Morgan fingerprint density at radius 3 is 0.925 bits per heavy atom. The molecule has 0 amide bonds. The lowest BCUT2D eigenvalue weighted by Crippen LogP contribution is -2.39. The monoisotopic (exact) mass is 561 g/mol. The first kappa shape index (κ1) is 37.4. The molecule has 238 valence electrons. The maximum atomic E-state index is 2.70. The van der Waals surface area contributed by atoms with Gasteiger partial charge in [-0.1, -0.05) is 188 Å². The quantitative estimate of drug-likeness (QED) is 0.0755. The molecule has 1 aliphatic rings. The van der Waals surface area contributed by atoms with Gasteiger partial charge in [0.05, 0.1) is 0 Å². The van der Waals surface area contributed by atoms with Gasteiger partial charge in [0, 0.05) is 25.5 Å². The van der Waals surface area contributed by atoms with Crippen LogP contribution in [0.25, 0.3) is 0 Å². The van der Waals surface area contributed by atoms with E-state index in [1.807, 2.05) is 0 Å². The Hall–Kier alpha value is -0.660. The van der Waals surface area contributed by atoms with E-state index in [0.717, 1.165) is 0 Å². The van der Waals surface area contributed by atoms with E-state index in [9.17, 15) is 0 Å². The van der Waals surface area contributed by atoms with Crippen molar-refractivity contribution in [2.75, 3.05) is 13.1 Å². The van der Waals surface area contributed by atoms with Crippen LogP contribution in [0.5, 0.6) is 0 Å². The molecule has 1 unspecified atom stereocenters. The van der Waals surface area contributed by atoms with Crippen molar-refractivity contribution in [2.45, 2.75) is 220 Å². The molecule has 40 heavy (non-hydrogen) atoms. The summed E-state index contributed by atoms with van der Waals surface area (Å²) in [5.41, 5.74) is 0. The van der Waals surface area contributed by atoms with E-state index in [1.165, 1.54) is 206 Å². The molecule has 1 heterocycles. The highest BCUT2D eigenvalue weighted by atomic mass is 15.4. The third-order valence-corrected chi connectivity index (χ3v) is 9.32. The summed E-state index contributed by atoms with van der Waals surface area (Å²) in [7, 11) is 0. The molecule has 0 radical (unpaired) electrons. The van der Waals surface area contributed by atoms with Gasteiger partial charge in [-0.3, -0.25) is 0 Å². The zero-order valence-corrected chi connectivity index (χ0v) is 28.3. The van der Waals surface area contributed by atoms with Crippen LogP contribution in [0, 0.1) is 0 Å².